The van der Waals surface area contributed by atoms with Crippen molar-refractivity contribution in [3.8, 4) is 11.5 Å². The molecular formula is C26H27N3O6S2. The molecule has 1 N–H and O–H groups in total. The molecule has 11 heteroatoms. The fraction of sp³-hybridized carbons (Fsp3) is 0.231. The molecule has 0 saturated carbocycles. The van der Waals surface area contributed by atoms with E-state index in [1.807, 2.05) is 13.8 Å². The third kappa shape index (κ3) is 5.32. The number of carbonyl (C=O) groups is 1. The lowest BCUT2D eigenvalue weighted by Crippen LogP contribution is -2.38. The summed E-state index contributed by atoms with van der Waals surface area (Å²) in [6.45, 7) is 3.80. The lowest BCUT2D eigenvalue weighted by molar-refractivity contribution is -0.114. The molecular weight excluding hydrogens is 514 g/mol. The second-order valence-electron chi connectivity index (χ2n) is 8.21. The highest BCUT2D eigenvalue weighted by Gasteiger charge is 2.28. The molecule has 0 aliphatic rings. The molecule has 0 fully saturated rings. The van der Waals surface area contributed by atoms with Crippen molar-refractivity contribution in [2.24, 2.45) is 0 Å². The standard InChI is InChI=1S/C26H27N3O6S2/c1-5-28-21-12-8-18(14-24(21)36-26(28)31)27-25(30)16-29(19-9-13-22(34-3)23(15-19)35-4)37(32,33)20-10-6-17(2)7-11-20/h6-15H,5,16H2,1-4H3,(H,27,30). The number of amides is 1. The Kier molecular flexibility index (Phi) is 7.55. The summed E-state index contributed by atoms with van der Waals surface area (Å²) >= 11 is 1.09. The van der Waals surface area contributed by atoms with Gasteiger partial charge in [-0.05, 0) is 56.3 Å². The van der Waals surface area contributed by atoms with Gasteiger partial charge in [0.2, 0.25) is 5.91 Å². The van der Waals surface area contributed by atoms with Gasteiger partial charge in [0.25, 0.3) is 10.0 Å². The van der Waals surface area contributed by atoms with Gasteiger partial charge in [-0.1, -0.05) is 29.0 Å². The van der Waals surface area contributed by atoms with E-state index in [9.17, 15) is 18.0 Å². The first-order valence-electron chi connectivity index (χ1n) is 11.4. The maximum Gasteiger partial charge on any atom is 0.308 e. The second kappa shape index (κ2) is 10.7. The number of ether oxygens (including phenoxy) is 2. The molecule has 1 amide bonds. The lowest BCUT2D eigenvalue weighted by Gasteiger charge is -2.25. The molecule has 194 valence electrons. The normalized spacial score (nSPS) is 11.4. The Labute approximate surface area is 218 Å². The molecule has 0 spiro atoms. The number of rotatable bonds is 9. The Balaban J connectivity index is 1.69. The van der Waals surface area contributed by atoms with E-state index in [4.69, 9.17) is 9.47 Å². The van der Waals surface area contributed by atoms with Crippen LogP contribution in [-0.4, -0.2) is 39.7 Å². The molecule has 9 nitrogen and oxygen atoms in total. The number of hydrogen-bond donors (Lipinski definition) is 1. The van der Waals surface area contributed by atoms with E-state index in [1.54, 1.807) is 47.0 Å². The number of aryl methyl sites for hydroxylation is 2. The van der Waals surface area contributed by atoms with Gasteiger partial charge in [-0.25, -0.2) is 8.42 Å². The number of carbonyl (C=O) groups excluding carboxylic acids is 1. The molecule has 4 rings (SSSR count). The average molecular weight is 542 g/mol. The largest absolute Gasteiger partial charge is 0.493 e. The van der Waals surface area contributed by atoms with Crippen LogP contribution in [-0.2, 0) is 21.4 Å². The number of hydrogen-bond acceptors (Lipinski definition) is 7. The van der Waals surface area contributed by atoms with Crippen LogP contribution >= 0.6 is 11.3 Å². The molecule has 4 aromatic rings. The van der Waals surface area contributed by atoms with E-state index in [0.717, 1.165) is 31.4 Å². The van der Waals surface area contributed by atoms with Crippen LogP contribution in [0.4, 0.5) is 11.4 Å². The minimum atomic E-state index is -4.11. The van der Waals surface area contributed by atoms with Crippen LogP contribution in [0.1, 0.15) is 12.5 Å². The molecule has 0 bridgehead atoms. The summed E-state index contributed by atoms with van der Waals surface area (Å²) in [5.41, 5.74) is 2.39. The van der Waals surface area contributed by atoms with Crippen molar-refractivity contribution in [3.05, 3.63) is 75.9 Å². The summed E-state index contributed by atoms with van der Waals surface area (Å²) < 4.78 is 41.4. The van der Waals surface area contributed by atoms with E-state index in [0.29, 0.717) is 23.7 Å². The molecule has 0 saturated heterocycles. The zero-order chi connectivity index (χ0) is 26.7. The number of methoxy groups -OCH3 is 2. The van der Waals surface area contributed by atoms with Gasteiger partial charge in [0.15, 0.2) is 11.5 Å². The van der Waals surface area contributed by atoms with Crippen LogP contribution in [0.15, 0.2) is 70.4 Å². The number of thiazole rings is 1. The van der Waals surface area contributed by atoms with Crippen molar-refractivity contribution in [1.29, 1.82) is 0 Å². The number of fused-ring (bicyclic) bond motifs is 1. The van der Waals surface area contributed by atoms with Crippen molar-refractivity contribution in [2.75, 3.05) is 30.4 Å². The van der Waals surface area contributed by atoms with Crippen LogP contribution in [0.2, 0.25) is 0 Å². The molecule has 0 aliphatic heterocycles. The topological polar surface area (TPSA) is 107 Å². The number of benzene rings is 3. The third-order valence-corrected chi connectivity index (χ3v) is 8.55. The van der Waals surface area contributed by atoms with Gasteiger partial charge in [-0.3, -0.25) is 18.5 Å². The van der Waals surface area contributed by atoms with Crippen molar-refractivity contribution >= 4 is 48.9 Å². The van der Waals surface area contributed by atoms with Crippen LogP contribution in [0, 0.1) is 6.92 Å². The molecule has 0 radical (unpaired) electrons. The van der Waals surface area contributed by atoms with Gasteiger partial charge in [-0.2, -0.15) is 0 Å². The van der Waals surface area contributed by atoms with E-state index in [2.05, 4.69) is 5.32 Å². The second-order valence-corrected chi connectivity index (χ2v) is 11.1. The summed E-state index contributed by atoms with van der Waals surface area (Å²) in [6, 6.07) is 16.2. The molecule has 1 aromatic heterocycles. The zero-order valence-electron chi connectivity index (χ0n) is 20.8. The summed E-state index contributed by atoms with van der Waals surface area (Å²) in [5.74, 6) is 0.201. The fourth-order valence-corrected chi connectivity index (χ4v) is 6.31. The Bertz CT molecular complexity index is 1610. The van der Waals surface area contributed by atoms with Gasteiger partial charge >= 0.3 is 4.87 Å². The first-order chi connectivity index (χ1) is 17.7. The predicted molar refractivity (Wildman–Crippen MR) is 146 cm³/mol. The monoisotopic (exact) mass is 541 g/mol. The predicted octanol–water partition coefficient (Wildman–Crippen LogP) is 4.24. The minimum absolute atomic E-state index is 0.0489. The quantitative estimate of drug-likeness (QED) is 0.340. The van der Waals surface area contributed by atoms with Gasteiger partial charge < -0.3 is 14.8 Å². The first-order valence-corrected chi connectivity index (χ1v) is 13.7. The summed E-state index contributed by atoms with van der Waals surface area (Å²) in [7, 11) is -1.18. The molecule has 0 unspecified atom stereocenters. The van der Waals surface area contributed by atoms with Crippen molar-refractivity contribution in [3.63, 3.8) is 0 Å². The maximum absolute atomic E-state index is 13.7. The van der Waals surface area contributed by atoms with Crippen LogP contribution < -0.4 is 24.0 Å². The maximum atomic E-state index is 13.7. The molecule has 37 heavy (non-hydrogen) atoms. The average Bonchev–Trinajstić information content (AvgIpc) is 3.20. The van der Waals surface area contributed by atoms with Crippen molar-refractivity contribution in [2.45, 2.75) is 25.3 Å². The lowest BCUT2D eigenvalue weighted by atomic mass is 10.2. The van der Waals surface area contributed by atoms with E-state index in [-0.39, 0.29) is 15.5 Å². The highest BCUT2D eigenvalue weighted by Crippen LogP contribution is 2.34. The zero-order valence-corrected chi connectivity index (χ0v) is 22.5. The Morgan fingerprint density at radius 3 is 2.35 bits per heavy atom. The van der Waals surface area contributed by atoms with Gasteiger partial charge in [0, 0.05) is 18.3 Å². The molecule has 0 atom stereocenters. The number of aromatic nitrogens is 1. The Morgan fingerprint density at radius 1 is 1.00 bits per heavy atom. The molecule has 1 heterocycles. The Hall–Kier alpha value is -3.83. The third-order valence-electron chi connectivity index (χ3n) is 5.82. The summed E-state index contributed by atoms with van der Waals surface area (Å²) in [5, 5.41) is 2.76. The first kappa shape index (κ1) is 26.2. The summed E-state index contributed by atoms with van der Waals surface area (Å²) in [6.07, 6.45) is 0. The highest BCUT2D eigenvalue weighted by atomic mass is 32.2. The number of anilines is 2. The summed E-state index contributed by atoms with van der Waals surface area (Å²) in [4.78, 5) is 25.3. The van der Waals surface area contributed by atoms with Crippen LogP contribution in [0.5, 0.6) is 11.5 Å². The van der Waals surface area contributed by atoms with Crippen molar-refractivity contribution in [1.82, 2.24) is 4.57 Å². The smallest absolute Gasteiger partial charge is 0.308 e. The Morgan fingerprint density at radius 2 is 1.70 bits per heavy atom. The van der Waals surface area contributed by atoms with Gasteiger partial charge in [-0.15, -0.1) is 0 Å². The number of nitrogens with one attached hydrogen (secondary N) is 1. The minimum Gasteiger partial charge on any atom is -0.493 e. The van der Waals surface area contributed by atoms with Crippen LogP contribution in [0.25, 0.3) is 10.2 Å². The SMILES string of the molecule is CCn1c(=O)sc2cc(NC(=O)CN(c3ccc(OC)c(OC)c3)S(=O)(=O)c3ccc(C)cc3)ccc21. The van der Waals surface area contributed by atoms with Gasteiger partial charge in [0.05, 0.1) is 35.0 Å². The fourth-order valence-electron chi connectivity index (χ4n) is 3.91. The van der Waals surface area contributed by atoms with E-state index in [1.165, 1.54) is 32.4 Å². The van der Waals surface area contributed by atoms with Crippen LogP contribution in [0.3, 0.4) is 0 Å². The number of sulfonamides is 1. The molecule has 0 aliphatic carbocycles. The van der Waals surface area contributed by atoms with E-state index < -0.39 is 22.5 Å². The number of nitrogens with zero attached hydrogens (tertiary/aromatic N) is 2. The van der Waals surface area contributed by atoms with Crippen molar-refractivity contribution < 1.29 is 22.7 Å². The molecule has 3 aromatic carbocycles. The highest BCUT2D eigenvalue weighted by molar-refractivity contribution is 7.92. The van der Waals surface area contributed by atoms with Gasteiger partial charge in [0.1, 0.15) is 6.54 Å². The van der Waals surface area contributed by atoms with E-state index >= 15 is 0 Å².